The van der Waals surface area contributed by atoms with Crippen molar-refractivity contribution in [1.82, 2.24) is 0 Å². The van der Waals surface area contributed by atoms with Gasteiger partial charge in [-0.15, -0.1) is 0 Å². The van der Waals surface area contributed by atoms with E-state index >= 15 is 0 Å². The second-order valence-corrected chi connectivity index (χ2v) is 2.41. The fraction of sp³-hybridized carbons (Fsp3) is 0.222. The third kappa shape index (κ3) is 2.42. The summed E-state index contributed by atoms with van der Waals surface area (Å²) in [6.07, 6.45) is 3.04. The minimum absolute atomic E-state index is 0.295. The van der Waals surface area contributed by atoms with E-state index in [9.17, 15) is 0 Å². The largest absolute Gasteiger partial charge is 0.508 e. The summed E-state index contributed by atoms with van der Waals surface area (Å²) in [5, 5.41) is 15.8. The summed E-state index contributed by atoms with van der Waals surface area (Å²) < 4.78 is 0. The normalized spacial score (nSPS) is 9.45. The van der Waals surface area contributed by atoms with Crippen LogP contribution in [0.15, 0.2) is 24.3 Å². The number of hydrogen-bond acceptors (Lipinski definition) is 2. The second-order valence-electron chi connectivity index (χ2n) is 2.41. The van der Waals surface area contributed by atoms with Gasteiger partial charge in [-0.2, -0.15) is 0 Å². The van der Waals surface area contributed by atoms with Crippen molar-refractivity contribution < 1.29 is 5.11 Å². The van der Waals surface area contributed by atoms with Crippen molar-refractivity contribution in [3.63, 3.8) is 0 Å². The topological polar surface area (TPSA) is 44.1 Å². The highest BCUT2D eigenvalue weighted by Crippen LogP contribution is 2.10. The van der Waals surface area contributed by atoms with Gasteiger partial charge in [-0.3, -0.25) is 0 Å². The molecule has 0 bridgehead atoms. The SMILES string of the molecule is N=CCCc1ccc(O)cc1. The molecule has 0 amide bonds. The summed E-state index contributed by atoms with van der Waals surface area (Å²) in [6.45, 7) is 0. The first-order valence-electron chi connectivity index (χ1n) is 3.60. The van der Waals surface area contributed by atoms with Crippen molar-refractivity contribution in [1.29, 1.82) is 5.41 Å². The van der Waals surface area contributed by atoms with E-state index in [0.717, 1.165) is 18.4 Å². The van der Waals surface area contributed by atoms with Crippen molar-refractivity contribution in [2.24, 2.45) is 0 Å². The molecule has 0 aliphatic heterocycles. The van der Waals surface area contributed by atoms with Crippen LogP contribution in [0.3, 0.4) is 0 Å². The molecule has 0 heterocycles. The molecule has 0 radical (unpaired) electrons. The van der Waals surface area contributed by atoms with E-state index in [-0.39, 0.29) is 0 Å². The number of phenols is 1. The quantitative estimate of drug-likeness (QED) is 0.634. The Morgan fingerprint density at radius 1 is 1.27 bits per heavy atom. The Bertz CT molecular complexity index is 228. The maximum absolute atomic E-state index is 8.94. The first kappa shape index (κ1) is 7.79. The van der Waals surface area contributed by atoms with Gasteiger partial charge < -0.3 is 10.5 Å². The van der Waals surface area contributed by atoms with Crippen molar-refractivity contribution in [2.75, 3.05) is 0 Å². The van der Waals surface area contributed by atoms with Gasteiger partial charge in [0, 0.05) is 0 Å². The van der Waals surface area contributed by atoms with Crippen molar-refractivity contribution in [3.05, 3.63) is 29.8 Å². The van der Waals surface area contributed by atoms with E-state index in [4.69, 9.17) is 10.5 Å². The van der Waals surface area contributed by atoms with Crippen LogP contribution in [-0.2, 0) is 6.42 Å². The van der Waals surface area contributed by atoms with Crippen LogP contribution in [0.25, 0.3) is 0 Å². The molecule has 0 saturated carbocycles. The number of nitrogens with one attached hydrogen (secondary N) is 1. The molecule has 1 rings (SSSR count). The van der Waals surface area contributed by atoms with E-state index in [2.05, 4.69) is 0 Å². The van der Waals surface area contributed by atoms with Crippen LogP contribution < -0.4 is 0 Å². The predicted molar refractivity (Wildman–Crippen MR) is 45.2 cm³/mol. The summed E-state index contributed by atoms with van der Waals surface area (Å²) in [7, 11) is 0. The monoisotopic (exact) mass is 149 g/mol. The zero-order valence-corrected chi connectivity index (χ0v) is 6.25. The molecule has 0 spiro atoms. The smallest absolute Gasteiger partial charge is 0.115 e. The molecule has 0 atom stereocenters. The molecule has 0 unspecified atom stereocenters. The third-order valence-corrected chi connectivity index (χ3v) is 1.51. The van der Waals surface area contributed by atoms with Gasteiger partial charge in [0.05, 0.1) is 0 Å². The number of aromatic hydroxyl groups is 1. The highest BCUT2D eigenvalue weighted by Gasteiger charge is 1.90. The number of hydrogen-bond donors (Lipinski definition) is 2. The average molecular weight is 149 g/mol. The average Bonchev–Trinajstić information content (AvgIpc) is 2.04. The van der Waals surface area contributed by atoms with Crippen molar-refractivity contribution >= 4 is 6.21 Å². The molecule has 2 N–H and O–H groups in total. The highest BCUT2D eigenvalue weighted by molar-refractivity contribution is 5.53. The van der Waals surface area contributed by atoms with Gasteiger partial charge in [-0.1, -0.05) is 12.1 Å². The molecule has 1 aromatic carbocycles. The Labute approximate surface area is 66.0 Å². The first-order valence-corrected chi connectivity index (χ1v) is 3.60. The van der Waals surface area contributed by atoms with Gasteiger partial charge in [-0.05, 0) is 36.8 Å². The Hall–Kier alpha value is -1.31. The molecule has 1 aromatic rings. The molecule has 11 heavy (non-hydrogen) atoms. The van der Waals surface area contributed by atoms with E-state index in [1.807, 2.05) is 12.1 Å². The zero-order valence-electron chi connectivity index (χ0n) is 6.25. The third-order valence-electron chi connectivity index (χ3n) is 1.51. The van der Waals surface area contributed by atoms with Gasteiger partial charge in [0.15, 0.2) is 0 Å². The Kier molecular flexibility index (Phi) is 2.66. The van der Waals surface area contributed by atoms with Crippen LogP contribution in [0.1, 0.15) is 12.0 Å². The summed E-state index contributed by atoms with van der Waals surface area (Å²) in [4.78, 5) is 0. The summed E-state index contributed by atoms with van der Waals surface area (Å²) in [5.74, 6) is 0.295. The maximum Gasteiger partial charge on any atom is 0.115 e. The molecule has 58 valence electrons. The number of phenolic OH excluding ortho intramolecular Hbond substituents is 1. The second kappa shape index (κ2) is 3.76. The lowest BCUT2D eigenvalue weighted by atomic mass is 10.1. The molecule has 2 nitrogen and oxygen atoms in total. The summed E-state index contributed by atoms with van der Waals surface area (Å²) in [5.41, 5.74) is 1.16. The first-order chi connectivity index (χ1) is 5.33. The van der Waals surface area contributed by atoms with Gasteiger partial charge in [0.25, 0.3) is 0 Å². The predicted octanol–water partition coefficient (Wildman–Crippen LogP) is 1.97. The number of benzene rings is 1. The Morgan fingerprint density at radius 3 is 2.45 bits per heavy atom. The fourth-order valence-corrected chi connectivity index (χ4v) is 0.901. The fourth-order valence-electron chi connectivity index (χ4n) is 0.901. The maximum atomic E-state index is 8.94. The molecule has 0 fully saturated rings. The lowest BCUT2D eigenvalue weighted by Gasteiger charge is -1.96. The van der Waals surface area contributed by atoms with Gasteiger partial charge in [0.2, 0.25) is 0 Å². The van der Waals surface area contributed by atoms with Crippen LogP contribution in [0, 0.1) is 5.41 Å². The van der Waals surface area contributed by atoms with E-state index < -0.39 is 0 Å². The van der Waals surface area contributed by atoms with Gasteiger partial charge >= 0.3 is 0 Å². The summed E-state index contributed by atoms with van der Waals surface area (Å²) in [6, 6.07) is 7.08. The van der Waals surface area contributed by atoms with Crippen LogP contribution in [0.4, 0.5) is 0 Å². The molecule has 0 saturated heterocycles. The lowest BCUT2D eigenvalue weighted by molar-refractivity contribution is 0.475. The molecule has 0 aliphatic carbocycles. The Morgan fingerprint density at radius 2 is 1.91 bits per heavy atom. The minimum Gasteiger partial charge on any atom is -0.508 e. The zero-order chi connectivity index (χ0) is 8.10. The van der Waals surface area contributed by atoms with Gasteiger partial charge in [-0.25, -0.2) is 0 Å². The standard InChI is InChI=1S/C9H11NO/c10-7-1-2-8-3-5-9(11)6-4-8/h3-7,10-11H,1-2H2. The minimum atomic E-state index is 0.295. The van der Waals surface area contributed by atoms with Crippen molar-refractivity contribution in [3.8, 4) is 5.75 Å². The molecular weight excluding hydrogens is 138 g/mol. The number of rotatable bonds is 3. The van der Waals surface area contributed by atoms with Crippen LogP contribution in [0.5, 0.6) is 5.75 Å². The lowest BCUT2D eigenvalue weighted by Crippen LogP contribution is -1.83. The van der Waals surface area contributed by atoms with Crippen LogP contribution in [0.2, 0.25) is 0 Å². The van der Waals surface area contributed by atoms with Crippen molar-refractivity contribution in [2.45, 2.75) is 12.8 Å². The Balaban J connectivity index is 2.58. The molecule has 2 heteroatoms. The summed E-state index contributed by atoms with van der Waals surface area (Å²) >= 11 is 0. The van der Waals surface area contributed by atoms with E-state index in [1.165, 1.54) is 6.21 Å². The highest BCUT2D eigenvalue weighted by atomic mass is 16.3. The molecular formula is C9H11NO. The van der Waals surface area contributed by atoms with E-state index in [1.54, 1.807) is 12.1 Å². The van der Waals surface area contributed by atoms with E-state index in [0.29, 0.717) is 5.75 Å². The molecule has 0 aromatic heterocycles. The van der Waals surface area contributed by atoms with Gasteiger partial charge in [0.1, 0.15) is 5.75 Å². The van der Waals surface area contributed by atoms with Crippen LogP contribution in [-0.4, -0.2) is 11.3 Å². The molecule has 0 aliphatic rings. The van der Waals surface area contributed by atoms with Crippen LogP contribution >= 0.6 is 0 Å². The number of aryl methyl sites for hydroxylation is 1.